The second kappa shape index (κ2) is 10.1. The van der Waals surface area contributed by atoms with E-state index < -0.39 is 12.1 Å². The summed E-state index contributed by atoms with van der Waals surface area (Å²) in [4.78, 5) is 38.1. The van der Waals surface area contributed by atoms with E-state index in [1.165, 1.54) is 22.3 Å². The standard InChI is InChI=1S/C28H32N2O5/c31-26(30(20-11-12-20)14-13-27(32)33)16-18-9-10-19(15-18)29-28(34)35-17-25-23-7-3-1-5-21(23)22-6-2-4-8-24(22)25/h1-8,18-20,25H,9-17H2,(H,29,34)(H,32,33)/t18-,19+/m0/s1. The lowest BCUT2D eigenvalue weighted by Gasteiger charge is -2.23. The Kier molecular flexibility index (Phi) is 6.75. The molecule has 2 amide bonds. The van der Waals surface area contributed by atoms with Crippen molar-refractivity contribution < 1.29 is 24.2 Å². The first-order valence-corrected chi connectivity index (χ1v) is 12.6. The van der Waals surface area contributed by atoms with Gasteiger partial charge >= 0.3 is 12.1 Å². The summed E-state index contributed by atoms with van der Waals surface area (Å²) >= 11 is 0. The number of carbonyl (C=O) groups excluding carboxylic acids is 2. The van der Waals surface area contributed by atoms with Gasteiger partial charge in [0.05, 0.1) is 6.42 Å². The number of ether oxygens (including phenoxy) is 1. The number of amides is 2. The predicted octanol–water partition coefficient (Wildman–Crippen LogP) is 4.55. The summed E-state index contributed by atoms with van der Waals surface area (Å²) in [6, 6.07) is 16.7. The number of alkyl carbamates (subject to hydrolysis) is 1. The molecule has 184 valence electrons. The van der Waals surface area contributed by atoms with Gasteiger partial charge in [0.15, 0.2) is 0 Å². The van der Waals surface area contributed by atoms with Crippen LogP contribution in [-0.2, 0) is 14.3 Å². The van der Waals surface area contributed by atoms with E-state index >= 15 is 0 Å². The lowest BCUT2D eigenvalue weighted by atomic mass is 9.98. The van der Waals surface area contributed by atoms with Gasteiger partial charge in [0.2, 0.25) is 5.91 Å². The van der Waals surface area contributed by atoms with Crippen molar-refractivity contribution in [3.8, 4) is 11.1 Å². The van der Waals surface area contributed by atoms with Crippen LogP contribution in [0.2, 0.25) is 0 Å². The van der Waals surface area contributed by atoms with Gasteiger partial charge in [0.25, 0.3) is 0 Å². The highest BCUT2D eigenvalue weighted by Crippen LogP contribution is 2.44. The maximum absolute atomic E-state index is 12.8. The average molecular weight is 477 g/mol. The minimum absolute atomic E-state index is 0.00292. The van der Waals surface area contributed by atoms with Crippen molar-refractivity contribution in [1.82, 2.24) is 10.2 Å². The van der Waals surface area contributed by atoms with Gasteiger partial charge < -0.3 is 20.1 Å². The van der Waals surface area contributed by atoms with Crippen molar-refractivity contribution in [1.29, 1.82) is 0 Å². The minimum Gasteiger partial charge on any atom is -0.481 e. The number of benzene rings is 2. The highest BCUT2D eigenvalue weighted by Gasteiger charge is 2.35. The first kappa shape index (κ1) is 23.4. The molecule has 2 atom stereocenters. The van der Waals surface area contributed by atoms with Gasteiger partial charge in [-0.15, -0.1) is 0 Å². The van der Waals surface area contributed by atoms with Crippen molar-refractivity contribution >= 4 is 18.0 Å². The monoisotopic (exact) mass is 476 g/mol. The molecular weight excluding hydrogens is 444 g/mol. The number of carbonyl (C=O) groups is 3. The Morgan fingerprint density at radius 1 is 0.943 bits per heavy atom. The van der Waals surface area contributed by atoms with Gasteiger partial charge in [-0.3, -0.25) is 9.59 Å². The topological polar surface area (TPSA) is 95.9 Å². The van der Waals surface area contributed by atoms with Crippen LogP contribution in [-0.4, -0.2) is 53.2 Å². The number of rotatable bonds is 9. The molecule has 0 aliphatic heterocycles. The Balaban J connectivity index is 1.10. The third kappa shape index (κ3) is 5.34. The molecule has 2 aromatic rings. The van der Waals surface area contributed by atoms with Gasteiger partial charge in [0.1, 0.15) is 6.61 Å². The van der Waals surface area contributed by atoms with Crippen molar-refractivity contribution in [2.45, 2.75) is 62.9 Å². The Labute approximate surface area is 205 Å². The van der Waals surface area contributed by atoms with Crippen LogP contribution in [0.25, 0.3) is 11.1 Å². The predicted molar refractivity (Wildman–Crippen MR) is 131 cm³/mol. The van der Waals surface area contributed by atoms with Crippen LogP contribution in [0.5, 0.6) is 0 Å². The van der Waals surface area contributed by atoms with Crippen LogP contribution in [0.15, 0.2) is 48.5 Å². The zero-order chi connectivity index (χ0) is 24.4. The number of hydrogen-bond donors (Lipinski definition) is 2. The number of carboxylic acids is 1. The van der Waals surface area contributed by atoms with Crippen LogP contribution < -0.4 is 5.32 Å². The highest BCUT2D eigenvalue weighted by molar-refractivity contribution is 5.79. The van der Waals surface area contributed by atoms with E-state index in [4.69, 9.17) is 9.84 Å². The van der Waals surface area contributed by atoms with Gasteiger partial charge in [0, 0.05) is 31.0 Å². The molecule has 2 aromatic carbocycles. The highest BCUT2D eigenvalue weighted by atomic mass is 16.5. The van der Waals surface area contributed by atoms with Crippen LogP contribution in [0.1, 0.15) is 62.0 Å². The van der Waals surface area contributed by atoms with Crippen molar-refractivity contribution in [3.05, 3.63) is 59.7 Å². The van der Waals surface area contributed by atoms with Crippen LogP contribution in [0.3, 0.4) is 0 Å². The van der Waals surface area contributed by atoms with Crippen LogP contribution >= 0.6 is 0 Å². The van der Waals surface area contributed by atoms with E-state index in [1.807, 2.05) is 24.3 Å². The molecule has 0 spiro atoms. The minimum atomic E-state index is -0.878. The number of carboxylic acid groups (broad SMARTS) is 1. The molecule has 0 bridgehead atoms. The molecule has 0 saturated heterocycles. The number of fused-ring (bicyclic) bond motifs is 3. The normalized spacial score (nSPS) is 20.7. The Hall–Kier alpha value is -3.35. The molecule has 7 nitrogen and oxygen atoms in total. The van der Waals surface area contributed by atoms with Crippen molar-refractivity contribution in [2.75, 3.05) is 13.2 Å². The Morgan fingerprint density at radius 3 is 2.23 bits per heavy atom. The first-order valence-electron chi connectivity index (χ1n) is 12.6. The van der Waals surface area contributed by atoms with E-state index in [2.05, 4.69) is 29.6 Å². The second-order valence-corrected chi connectivity index (χ2v) is 10.0. The van der Waals surface area contributed by atoms with Gasteiger partial charge in [-0.2, -0.15) is 0 Å². The molecule has 5 rings (SSSR count). The number of nitrogens with one attached hydrogen (secondary N) is 1. The van der Waals surface area contributed by atoms with E-state index in [1.54, 1.807) is 4.90 Å². The van der Waals surface area contributed by atoms with E-state index in [0.29, 0.717) is 6.42 Å². The molecule has 7 heteroatoms. The van der Waals surface area contributed by atoms with Crippen LogP contribution in [0, 0.1) is 5.92 Å². The fourth-order valence-electron chi connectivity index (χ4n) is 5.68. The zero-order valence-corrected chi connectivity index (χ0v) is 19.8. The molecule has 0 aromatic heterocycles. The molecule has 2 fully saturated rings. The lowest BCUT2D eigenvalue weighted by Crippen LogP contribution is -2.36. The molecule has 2 N–H and O–H groups in total. The summed E-state index contributed by atoms with van der Waals surface area (Å²) < 4.78 is 5.67. The fraction of sp³-hybridized carbons (Fsp3) is 0.464. The molecular formula is C28H32N2O5. The summed E-state index contributed by atoms with van der Waals surface area (Å²) in [7, 11) is 0. The Morgan fingerprint density at radius 2 is 1.60 bits per heavy atom. The molecule has 0 heterocycles. The third-order valence-electron chi connectivity index (χ3n) is 7.54. The zero-order valence-electron chi connectivity index (χ0n) is 19.8. The van der Waals surface area contributed by atoms with Gasteiger partial charge in [-0.25, -0.2) is 4.79 Å². The Bertz CT molecular complexity index is 1070. The smallest absolute Gasteiger partial charge is 0.407 e. The molecule has 3 aliphatic carbocycles. The molecule has 0 unspecified atom stereocenters. The number of aliphatic carboxylic acids is 1. The summed E-state index contributed by atoms with van der Waals surface area (Å²) in [5.74, 6) is -0.606. The van der Waals surface area contributed by atoms with Gasteiger partial charge in [-0.05, 0) is 60.3 Å². The maximum Gasteiger partial charge on any atom is 0.407 e. The largest absolute Gasteiger partial charge is 0.481 e. The molecule has 0 radical (unpaired) electrons. The summed E-state index contributed by atoms with van der Waals surface area (Å²) in [6.07, 6.45) is 4.35. The molecule has 2 saturated carbocycles. The van der Waals surface area contributed by atoms with E-state index in [-0.39, 0.29) is 49.4 Å². The van der Waals surface area contributed by atoms with Crippen molar-refractivity contribution in [3.63, 3.8) is 0 Å². The molecule has 35 heavy (non-hydrogen) atoms. The van der Waals surface area contributed by atoms with E-state index in [9.17, 15) is 14.4 Å². The number of nitrogens with zero attached hydrogens (tertiary/aromatic N) is 1. The average Bonchev–Trinajstić information content (AvgIpc) is 3.50. The third-order valence-corrected chi connectivity index (χ3v) is 7.54. The fourth-order valence-corrected chi connectivity index (χ4v) is 5.68. The van der Waals surface area contributed by atoms with E-state index in [0.717, 1.165) is 32.1 Å². The summed E-state index contributed by atoms with van der Waals surface area (Å²) in [6.45, 7) is 0.571. The quantitative estimate of drug-likeness (QED) is 0.554. The van der Waals surface area contributed by atoms with Crippen molar-refractivity contribution in [2.24, 2.45) is 5.92 Å². The second-order valence-electron chi connectivity index (χ2n) is 10.0. The summed E-state index contributed by atoms with van der Waals surface area (Å²) in [5.41, 5.74) is 4.76. The SMILES string of the molecule is O=C(O)CCN(C(=O)C[C@H]1CC[C@@H](NC(=O)OCC2c3ccccc3-c3ccccc32)C1)C1CC1. The van der Waals surface area contributed by atoms with Gasteiger partial charge in [-0.1, -0.05) is 48.5 Å². The maximum atomic E-state index is 12.8. The number of hydrogen-bond acceptors (Lipinski definition) is 4. The molecule has 3 aliphatic rings. The summed E-state index contributed by atoms with van der Waals surface area (Å²) in [5, 5.41) is 12.0. The van der Waals surface area contributed by atoms with Crippen LogP contribution in [0.4, 0.5) is 4.79 Å². The lowest BCUT2D eigenvalue weighted by molar-refractivity contribution is -0.139. The first-order chi connectivity index (χ1) is 17.0.